The Kier molecular flexibility index (Phi) is 2.25. The molecule has 0 saturated carbocycles. The number of hydrogen-bond acceptors (Lipinski definition) is 0. The Bertz CT molecular complexity index is 168. The maximum absolute atomic E-state index is 13.0. The summed E-state index contributed by atoms with van der Waals surface area (Å²) in [7, 11) is 0. The van der Waals surface area contributed by atoms with Crippen molar-refractivity contribution in [1.82, 2.24) is 0 Å². The molecule has 1 aliphatic rings. The lowest BCUT2D eigenvalue weighted by molar-refractivity contribution is 0.311. The molecule has 56 valence electrons. The van der Waals surface area contributed by atoms with Crippen LogP contribution in [0.4, 0.5) is 4.39 Å². The molecule has 0 radical (unpaired) electrons. The highest BCUT2D eigenvalue weighted by molar-refractivity contribution is 5.24. The zero-order valence-corrected chi connectivity index (χ0v) is 6.47. The minimum absolute atomic E-state index is 0.115. The van der Waals surface area contributed by atoms with Crippen LogP contribution in [-0.4, -0.2) is 6.17 Å². The quantitative estimate of drug-likeness (QED) is 0.525. The first kappa shape index (κ1) is 7.52. The van der Waals surface area contributed by atoms with E-state index >= 15 is 0 Å². The summed E-state index contributed by atoms with van der Waals surface area (Å²) in [6, 6.07) is 0. The van der Waals surface area contributed by atoms with Crippen LogP contribution >= 0.6 is 0 Å². The van der Waals surface area contributed by atoms with E-state index in [0.717, 1.165) is 12.0 Å². The summed E-state index contributed by atoms with van der Waals surface area (Å²) >= 11 is 0. The van der Waals surface area contributed by atoms with Gasteiger partial charge >= 0.3 is 0 Å². The molecule has 1 rings (SSSR count). The van der Waals surface area contributed by atoms with Crippen LogP contribution in [-0.2, 0) is 0 Å². The fourth-order valence-electron chi connectivity index (χ4n) is 1.17. The Morgan fingerprint density at radius 3 is 2.80 bits per heavy atom. The van der Waals surface area contributed by atoms with Crippen LogP contribution in [0, 0.1) is 5.92 Å². The van der Waals surface area contributed by atoms with E-state index in [4.69, 9.17) is 0 Å². The third-order valence-corrected chi connectivity index (χ3v) is 1.91. The molecule has 0 aliphatic heterocycles. The lowest BCUT2D eigenvalue weighted by Crippen LogP contribution is -2.13. The molecule has 1 heteroatoms. The van der Waals surface area contributed by atoms with Crippen LogP contribution in [0.3, 0.4) is 0 Å². The summed E-state index contributed by atoms with van der Waals surface area (Å²) in [5.74, 6) is 0.115. The minimum atomic E-state index is -0.755. The molecular weight excluding hydrogens is 127 g/mol. The van der Waals surface area contributed by atoms with Crippen molar-refractivity contribution in [2.75, 3.05) is 0 Å². The first-order valence-corrected chi connectivity index (χ1v) is 3.74. The summed E-state index contributed by atoms with van der Waals surface area (Å²) in [6.45, 7) is 3.94. The summed E-state index contributed by atoms with van der Waals surface area (Å²) in [5, 5.41) is 0. The van der Waals surface area contributed by atoms with E-state index < -0.39 is 6.17 Å². The molecule has 0 heterocycles. The van der Waals surface area contributed by atoms with Gasteiger partial charge in [0.2, 0.25) is 0 Å². The van der Waals surface area contributed by atoms with Crippen molar-refractivity contribution >= 4 is 0 Å². The standard InChI is InChI=1S/C9H13F/c1-3-8-5-4-7(2)6-9(8)10/h4-6,8-9H,3H2,1-2H3. The lowest BCUT2D eigenvalue weighted by Gasteiger charge is -2.16. The number of hydrogen-bond donors (Lipinski definition) is 0. The highest BCUT2D eigenvalue weighted by Crippen LogP contribution is 2.21. The molecule has 0 N–H and O–H groups in total. The second-order valence-electron chi connectivity index (χ2n) is 2.79. The smallest absolute Gasteiger partial charge is 0.125 e. The molecule has 2 unspecified atom stereocenters. The van der Waals surface area contributed by atoms with Crippen molar-refractivity contribution in [2.45, 2.75) is 26.4 Å². The van der Waals surface area contributed by atoms with Crippen molar-refractivity contribution in [3.05, 3.63) is 23.8 Å². The van der Waals surface area contributed by atoms with Gasteiger partial charge in [-0.15, -0.1) is 0 Å². The molecule has 0 fully saturated rings. The van der Waals surface area contributed by atoms with Crippen LogP contribution in [0.1, 0.15) is 20.3 Å². The fraction of sp³-hybridized carbons (Fsp3) is 0.556. The van der Waals surface area contributed by atoms with Gasteiger partial charge in [-0.05, 0) is 19.4 Å². The van der Waals surface area contributed by atoms with Crippen LogP contribution in [0.15, 0.2) is 23.8 Å². The Balaban J connectivity index is 2.64. The average molecular weight is 140 g/mol. The molecule has 0 aromatic rings. The number of rotatable bonds is 1. The highest BCUT2D eigenvalue weighted by Gasteiger charge is 2.16. The van der Waals surface area contributed by atoms with Gasteiger partial charge in [0.25, 0.3) is 0 Å². The summed E-state index contributed by atoms with van der Waals surface area (Å²) in [4.78, 5) is 0. The van der Waals surface area contributed by atoms with E-state index in [1.165, 1.54) is 0 Å². The van der Waals surface area contributed by atoms with E-state index in [1.54, 1.807) is 6.08 Å². The van der Waals surface area contributed by atoms with Crippen molar-refractivity contribution in [2.24, 2.45) is 5.92 Å². The maximum Gasteiger partial charge on any atom is 0.125 e. The third-order valence-electron chi connectivity index (χ3n) is 1.91. The van der Waals surface area contributed by atoms with Gasteiger partial charge in [0, 0.05) is 5.92 Å². The third kappa shape index (κ3) is 1.47. The molecule has 0 aromatic heterocycles. The van der Waals surface area contributed by atoms with Crippen LogP contribution in [0.5, 0.6) is 0 Å². The lowest BCUT2D eigenvalue weighted by atomic mass is 9.93. The fourth-order valence-corrected chi connectivity index (χ4v) is 1.17. The van der Waals surface area contributed by atoms with Gasteiger partial charge in [0.1, 0.15) is 6.17 Å². The minimum Gasteiger partial charge on any atom is -0.242 e. The molecule has 0 saturated heterocycles. The van der Waals surface area contributed by atoms with Gasteiger partial charge in [0.05, 0.1) is 0 Å². The van der Waals surface area contributed by atoms with E-state index in [2.05, 4.69) is 0 Å². The Morgan fingerprint density at radius 2 is 2.30 bits per heavy atom. The van der Waals surface area contributed by atoms with Gasteiger partial charge < -0.3 is 0 Å². The number of halogens is 1. The topological polar surface area (TPSA) is 0 Å². The van der Waals surface area contributed by atoms with Gasteiger partial charge in [0.15, 0.2) is 0 Å². The zero-order valence-electron chi connectivity index (χ0n) is 6.47. The van der Waals surface area contributed by atoms with Crippen molar-refractivity contribution in [3.8, 4) is 0 Å². The molecule has 0 spiro atoms. The molecular formula is C9H13F. The van der Waals surface area contributed by atoms with Crippen molar-refractivity contribution in [1.29, 1.82) is 0 Å². The summed E-state index contributed by atoms with van der Waals surface area (Å²) in [5.41, 5.74) is 1.04. The van der Waals surface area contributed by atoms with Crippen LogP contribution in [0.25, 0.3) is 0 Å². The Hall–Kier alpha value is -0.590. The molecule has 10 heavy (non-hydrogen) atoms. The summed E-state index contributed by atoms with van der Waals surface area (Å²) < 4.78 is 13.0. The molecule has 0 nitrogen and oxygen atoms in total. The number of alkyl halides is 1. The zero-order chi connectivity index (χ0) is 7.56. The predicted molar refractivity (Wildman–Crippen MR) is 41.6 cm³/mol. The Labute approximate surface area is 61.4 Å². The van der Waals surface area contributed by atoms with Gasteiger partial charge in [-0.3, -0.25) is 0 Å². The monoisotopic (exact) mass is 140 g/mol. The van der Waals surface area contributed by atoms with Crippen LogP contribution in [0.2, 0.25) is 0 Å². The van der Waals surface area contributed by atoms with Gasteiger partial charge in [-0.25, -0.2) is 4.39 Å². The van der Waals surface area contributed by atoms with E-state index in [1.807, 2.05) is 26.0 Å². The summed E-state index contributed by atoms with van der Waals surface area (Å²) in [6.07, 6.45) is 5.77. The van der Waals surface area contributed by atoms with E-state index in [-0.39, 0.29) is 5.92 Å². The highest BCUT2D eigenvalue weighted by atomic mass is 19.1. The molecule has 0 amide bonds. The molecule has 1 aliphatic carbocycles. The van der Waals surface area contributed by atoms with E-state index in [0.29, 0.717) is 0 Å². The predicted octanol–water partition coefficient (Wildman–Crippen LogP) is 2.87. The normalized spacial score (nSPS) is 32.1. The second kappa shape index (κ2) is 3.00. The Morgan fingerprint density at radius 1 is 1.60 bits per heavy atom. The van der Waals surface area contributed by atoms with Gasteiger partial charge in [-0.1, -0.05) is 24.6 Å². The molecule has 2 atom stereocenters. The number of allylic oxidation sites excluding steroid dienone is 4. The molecule has 0 bridgehead atoms. The van der Waals surface area contributed by atoms with Gasteiger partial charge in [-0.2, -0.15) is 0 Å². The average Bonchev–Trinajstić information content (AvgIpc) is 1.88. The molecule has 0 aromatic carbocycles. The van der Waals surface area contributed by atoms with Crippen LogP contribution < -0.4 is 0 Å². The second-order valence-corrected chi connectivity index (χ2v) is 2.79. The first-order valence-electron chi connectivity index (χ1n) is 3.74. The maximum atomic E-state index is 13.0. The SMILES string of the molecule is CCC1C=CC(C)=CC1F. The largest absolute Gasteiger partial charge is 0.242 e. The first-order chi connectivity index (χ1) is 4.74. The van der Waals surface area contributed by atoms with Crippen molar-refractivity contribution < 1.29 is 4.39 Å². The van der Waals surface area contributed by atoms with E-state index in [9.17, 15) is 4.39 Å². The van der Waals surface area contributed by atoms with Crippen molar-refractivity contribution in [3.63, 3.8) is 0 Å².